The Labute approximate surface area is 170 Å². The summed E-state index contributed by atoms with van der Waals surface area (Å²) in [6, 6.07) is 11.8. The average Bonchev–Trinajstić information content (AvgIpc) is 2.51. The van der Waals surface area contributed by atoms with Crippen molar-refractivity contribution in [2.45, 2.75) is 65.5 Å². The lowest BCUT2D eigenvalue weighted by Crippen LogP contribution is -2.47. The molecule has 0 aliphatic rings. The summed E-state index contributed by atoms with van der Waals surface area (Å²) < 4.78 is 6.42. The van der Waals surface area contributed by atoms with Crippen molar-refractivity contribution in [3.8, 4) is 11.5 Å². The van der Waals surface area contributed by atoms with Crippen LogP contribution in [0.3, 0.4) is 0 Å². The summed E-state index contributed by atoms with van der Waals surface area (Å²) in [4.78, 5) is 0. The predicted octanol–water partition coefficient (Wildman–Crippen LogP) is 6.17. The largest absolute Gasteiger partial charge is 0.508 e. The Kier molecular flexibility index (Phi) is 6.08. The molecule has 0 fully saturated rings. The minimum absolute atomic E-state index is 0.136. The van der Waals surface area contributed by atoms with Crippen molar-refractivity contribution in [3.05, 3.63) is 52.5 Å². The van der Waals surface area contributed by atoms with Crippen LogP contribution in [0, 0.1) is 0 Å². The number of ether oxygens (including phenoxy) is 1. The van der Waals surface area contributed by atoms with Crippen molar-refractivity contribution >= 4 is 24.9 Å². The van der Waals surface area contributed by atoms with Crippen LogP contribution in [0.5, 0.6) is 11.5 Å². The molecule has 2 aromatic rings. The highest BCUT2D eigenvalue weighted by atomic mass is 35.5. The molecule has 0 aliphatic heterocycles. The third-order valence-electron chi connectivity index (χ3n) is 4.86. The maximum Gasteiger partial charge on any atom is 0.124 e. The fraction of sp³-hybridized carbons (Fsp3) is 0.478. The van der Waals surface area contributed by atoms with Gasteiger partial charge in [-0.3, -0.25) is 0 Å². The van der Waals surface area contributed by atoms with Gasteiger partial charge in [0.2, 0.25) is 0 Å². The minimum Gasteiger partial charge on any atom is -0.508 e. The van der Waals surface area contributed by atoms with E-state index in [2.05, 4.69) is 66.8 Å². The van der Waals surface area contributed by atoms with Crippen LogP contribution in [-0.2, 0) is 10.8 Å². The quantitative estimate of drug-likeness (QED) is 0.617. The molecule has 0 atom stereocenters. The molecule has 0 spiro atoms. The Morgan fingerprint density at radius 3 is 1.85 bits per heavy atom. The van der Waals surface area contributed by atoms with Crippen LogP contribution in [0.15, 0.2) is 36.4 Å². The highest BCUT2D eigenvalue weighted by Crippen LogP contribution is 2.44. The highest BCUT2D eigenvalue weighted by molar-refractivity contribution is 6.89. The van der Waals surface area contributed by atoms with Gasteiger partial charge in [0.05, 0.1) is 6.23 Å². The maximum atomic E-state index is 10.6. The topological polar surface area (TPSA) is 29.5 Å². The van der Waals surface area contributed by atoms with E-state index >= 15 is 0 Å². The van der Waals surface area contributed by atoms with Crippen molar-refractivity contribution < 1.29 is 9.84 Å². The molecule has 0 saturated heterocycles. The predicted molar refractivity (Wildman–Crippen MR) is 120 cm³/mol. The number of phenolic OH excluding ortho intramolecular Hbond substituents is 1. The van der Waals surface area contributed by atoms with E-state index in [0.717, 1.165) is 21.9 Å². The molecule has 0 aliphatic carbocycles. The summed E-state index contributed by atoms with van der Waals surface area (Å²) in [6.07, 6.45) is 0.673. The van der Waals surface area contributed by atoms with Crippen molar-refractivity contribution in [1.82, 2.24) is 0 Å². The zero-order valence-corrected chi connectivity index (χ0v) is 19.7. The SMILES string of the molecule is CC(C)(C)c1c(O)ccc(OC[Si](C)(C)c2ccc(Cl)cc2)c1C(C)(C)C. The van der Waals surface area contributed by atoms with Crippen molar-refractivity contribution in [3.63, 3.8) is 0 Å². The molecule has 0 heterocycles. The molecule has 2 rings (SSSR count). The molecule has 2 nitrogen and oxygen atoms in total. The van der Waals surface area contributed by atoms with Gasteiger partial charge < -0.3 is 9.84 Å². The first-order valence-electron chi connectivity index (χ1n) is 9.49. The van der Waals surface area contributed by atoms with Gasteiger partial charge in [-0.25, -0.2) is 0 Å². The van der Waals surface area contributed by atoms with E-state index in [0.29, 0.717) is 12.0 Å². The Hall–Kier alpha value is -1.45. The van der Waals surface area contributed by atoms with Crippen LogP contribution < -0.4 is 9.92 Å². The van der Waals surface area contributed by atoms with Gasteiger partial charge in [-0.05, 0) is 35.1 Å². The molecule has 0 bridgehead atoms. The van der Waals surface area contributed by atoms with Gasteiger partial charge in [0.15, 0.2) is 0 Å². The molecule has 1 N–H and O–H groups in total. The Bertz CT molecular complexity index is 797. The lowest BCUT2D eigenvalue weighted by Gasteiger charge is -2.33. The van der Waals surface area contributed by atoms with E-state index in [9.17, 15) is 5.11 Å². The van der Waals surface area contributed by atoms with Gasteiger partial charge in [-0.2, -0.15) is 0 Å². The zero-order valence-electron chi connectivity index (χ0n) is 17.9. The van der Waals surface area contributed by atoms with Gasteiger partial charge in [0, 0.05) is 16.1 Å². The van der Waals surface area contributed by atoms with Crippen LogP contribution in [-0.4, -0.2) is 19.4 Å². The third kappa shape index (κ3) is 5.08. The fourth-order valence-corrected chi connectivity index (χ4v) is 5.32. The molecule has 0 amide bonds. The first-order chi connectivity index (χ1) is 12.2. The van der Waals surface area contributed by atoms with Crippen molar-refractivity contribution in [1.29, 1.82) is 0 Å². The van der Waals surface area contributed by atoms with E-state index in [4.69, 9.17) is 16.3 Å². The minimum atomic E-state index is -1.79. The molecule has 0 unspecified atom stereocenters. The summed E-state index contributed by atoms with van der Waals surface area (Å²) in [6.45, 7) is 17.5. The Balaban J connectivity index is 2.43. The lowest BCUT2D eigenvalue weighted by molar-refractivity contribution is 0.357. The highest BCUT2D eigenvalue weighted by Gasteiger charge is 2.32. The standard InChI is InChI=1S/C23H33ClO2Si/c1-22(2,3)20-18(25)13-14-19(21(20)23(4,5)6)26-15-27(7,8)17-11-9-16(24)10-12-17/h9-14,25H,15H2,1-8H3. The summed E-state index contributed by atoms with van der Waals surface area (Å²) in [7, 11) is -1.79. The maximum absolute atomic E-state index is 10.6. The molecule has 2 aromatic carbocycles. The number of halogens is 1. The lowest BCUT2D eigenvalue weighted by atomic mass is 9.74. The van der Waals surface area contributed by atoms with Gasteiger partial charge in [-0.15, -0.1) is 0 Å². The first-order valence-corrected chi connectivity index (χ1v) is 13.1. The molecule has 4 heteroatoms. The molecule has 27 heavy (non-hydrogen) atoms. The molecular formula is C23H33ClO2Si. The van der Waals surface area contributed by atoms with Crippen LogP contribution >= 0.6 is 11.6 Å². The number of phenols is 1. The molecule has 0 aromatic heterocycles. The Morgan fingerprint density at radius 2 is 1.37 bits per heavy atom. The Morgan fingerprint density at radius 1 is 0.852 bits per heavy atom. The van der Waals surface area contributed by atoms with Gasteiger partial charge in [0.25, 0.3) is 0 Å². The average molecular weight is 405 g/mol. The molecule has 0 saturated carbocycles. The number of benzene rings is 2. The summed E-state index contributed by atoms with van der Waals surface area (Å²) in [5.74, 6) is 1.22. The van der Waals surface area contributed by atoms with Crippen LogP contribution in [0.4, 0.5) is 0 Å². The number of hydrogen-bond acceptors (Lipinski definition) is 2. The molecule has 0 radical (unpaired) electrons. The second-order valence-corrected chi connectivity index (χ2v) is 15.1. The van der Waals surface area contributed by atoms with Crippen molar-refractivity contribution in [2.24, 2.45) is 0 Å². The molecular weight excluding hydrogens is 372 g/mol. The normalized spacial score (nSPS) is 12.9. The van der Waals surface area contributed by atoms with Crippen LogP contribution in [0.25, 0.3) is 0 Å². The second kappa shape index (κ2) is 7.52. The summed E-state index contributed by atoms with van der Waals surface area (Å²) >= 11 is 6.04. The first kappa shape index (κ1) is 21.8. The van der Waals surface area contributed by atoms with E-state index in [1.165, 1.54) is 5.19 Å². The summed E-state index contributed by atoms with van der Waals surface area (Å²) in [5.41, 5.74) is 1.76. The summed E-state index contributed by atoms with van der Waals surface area (Å²) in [5, 5.41) is 12.7. The van der Waals surface area contributed by atoms with Crippen LogP contribution in [0.2, 0.25) is 18.1 Å². The number of hydrogen-bond donors (Lipinski definition) is 1. The van der Waals surface area contributed by atoms with E-state index in [1.807, 2.05) is 18.2 Å². The van der Waals surface area contributed by atoms with Gasteiger partial charge in [0.1, 0.15) is 19.6 Å². The van der Waals surface area contributed by atoms with Crippen LogP contribution in [0.1, 0.15) is 52.7 Å². The van der Waals surface area contributed by atoms with Crippen molar-refractivity contribution in [2.75, 3.05) is 6.23 Å². The second-order valence-electron chi connectivity index (χ2n) is 10.0. The molecule has 148 valence electrons. The van der Waals surface area contributed by atoms with E-state index in [1.54, 1.807) is 6.07 Å². The number of aromatic hydroxyl groups is 1. The zero-order chi connectivity index (χ0) is 20.6. The number of rotatable bonds is 4. The van der Waals surface area contributed by atoms with E-state index in [-0.39, 0.29) is 10.8 Å². The fourth-order valence-electron chi connectivity index (χ4n) is 3.44. The van der Waals surface area contributed by atoms with Gasteiger partial charge in [-0.1, -0.05) is 83.6 Å². The smallest absolute Gasteiger partial charge is 0.124 e. The monoisotopic (exact) mass is 404 g/mol. The van der Waals surface area contributed by atoms with E-state index < -0.39 is 8.07 Å². The third-order valence-corrected chi connectivity index (χ3v) is 7.87. The van der Waals surface area contributed by atoms with Gasteiger partial charge >= 0.3 is 0 Å².